The molecule has 0 atom stereocenters. The van der Waals surface area contributed by atoms with E-state index in [-0.39, 0.29) is 6.61 Å². The predicted molar refractivity (Wildman–Crippen MR) is 62.0 cm³/mol. The van der Waals surface area contributed by atoms with Crippen molar-refractivity contribution in [1.82, 2.24) is 14.8 Å². The van der Waals surface area contributed by atoms with Gasteiger partial charge in [-0.2, -0.15) is 5.10 Å². The molecule has 6 heteroatoms. The van der Waals surface area contributed by atoms with Gasteiger partial charge in [0.05, 0.1) is 11.6 Å². The van der Waals surface area contributed by atoms with Gasteiger partial charge in [0.1, 0.15) is 16.4 Å². The predicted octanol–water partition coefficient (Wildman–Crippen LogP) is 1.76. The van der Waals surface area contributed by atoms with E-state index in [0.717, 1.165) is 21.4 Å². The number of aliphatic hydroxyl groups is 1. The van der Waals surface area contributed by atoms with Gasteiger partial charge in [0.15, 0.2) is 0 Å². The van der Waals surface area contributed by atoms with Crippen molar-refractivity contribution in [2.24, 2.45) is 7.05 Å². The lowest BCUT2D eigenvalue weighted by molar-refractivity contribution is 0.281. The summed E-state index contributed by atoms with van der Waals surface area (Å²) in [5, 5.41) is 17.0. The molecule has 2 aromatic heterocycles. The molecular weight excluding hydrogens is 230 g/mol. The zero-order chi connectivity index (χ0) is 10.8. The normalized spacial score (nSPS) is 10.9. The fourth-order valence-electron chi connectivity index (χ4n) is 1.27. The van der Waals surface area contributed by atoms with Crippen LogP contribution >= 0.6 is 23.1 Å². The van der Waals surface area contributed by atoms with Crippen LogP contribution in [0.25, 0.3) is 11.4 Å². The zero-order valence-corrected chi connectivity index (χ0v) is 10.1. The summed E-state index contributed by atoms with van der Waals surface area (Å²) >= 11 is 3.10. The molecule has 0 amide bonds. The third-order valence-electron chi connectivity index (χ3n) is 2.00. The highest BCUT2D eigenvalue weighted by Gasteiger charge is 2.09. The van der Waals surface area contributed by atoms with Crippen LogP contribution in [0.5, 0.6) is 0 Å². The van der Waals surface area contributed by atoms with Crippen LogP contribution in [0.1, 0.15) is 5.01 Å². The Hall–Kier alpha value is -0.850. The summed E-state index contributed by atoms with van der Waals surface area (Å²) < 4.78 is 1.83. The van der Waals surface area contributed by atoms with Gasteiger partial charge >= 0.3 is 0 Å². The Morgan fingerprint density at radius 3 is 2.87 bits per heavy atom. The summed E-state index contributed by atoms with van der Waals surface area (Å²) in [6.45, 7) is -0.00706. The van der Waals surface area contributed by atoms with Gasteiger partial charge in [0.2, 0.25) is 0 Å². The first-order valence-electron chi connectivity index (χ1n) is 4.38. The summed E-state index contributed by atoms with van der Waals surface area (Å²) in [6, 6.07) is 2.00. The molecule has 1 N–H and O–H groups in total. The van der Waals surface area contributed by atoms with Crippen molar-refractivity contribution in [2.75, 3.05) is 6.26 Å². The summed E-state index contributed by atoms with van der Waals surface area (Å²) in [5.74, 6) is 0. The van der Waals surface area contributed by atoms with Crippen molar-refractivity contribution in [3.8, 4) is 11.4 Å². The van der Waals surface area contributed by atoms with Crippen LogP contribution in [-0.2, 0) is 13.7 Å². The smallest absolute Gasteiger partial charge is 0.119 e. The molecule has 0 saturated heterocycles. The average Bonchev–Trinajstić information content (AvgIpc) is 2.83. The molecule has 0 aliphatic carbocycles. The Labute approximate surface area is 96.0 Å². The molecule has 0 aliphatic heterocycles. The van der Waals surface area contributed by atoms with Gasteiger partial charge < -0.3 is 5.11 Å². The maximum Gasteiger partial charge on any atom is 0.119 e. The first-order valence-corrected chi connectivity index (χ1v) is 6.48. The van der Waals surface area contributed by atoms with Crippen molar-refractivity contribution in [1.29, 1.82) is 0 Å². The molecule has 4 nitrogen and oxygen atoms in total. The highest BCUT2D eigenvalue weighted by Crippen LogP contribution is 2.24. The van der Waals surface area contributed by atoms with E-state index in [4.69, 9.17) is 5.11 Å². The molecule has 0 aromatic carbocycles. The van der Waals surface area contributed by atoms with Crippen LogP contribution in [0.3, 0.4) is 0 Å². The number of aryl methyl sites for hydroxylation is 1. The second-order valence-electron chi connectivity index (χ2n) is 2.98. The molecule has 0 bridgehead atoms. The van der Waals surface area contributed by atoms with Crippen LogP contribution in [-0.4, -0.2) is 26.1 Å². The van der Waals surface area contributed by atoms with Crippen molar-refractivity contribution in [3.63, 3.8) is 0 Å². The molecule has 2 aromatic rings. The lowest BCUT2D eigenvalue weighted by atomic mass is 10.3. The number of nitrogens with zero attached hydrogens (tertiary/aromatic N) is 3. The molecule has 15 heavy (non-hydrogen) atoms. The highest BCUT2D eigenvalue weighted by molar-refractivity contribution is 7.98. The Morgan fingerprint density at radius 2 is 2.33 bits per heavy atom. The van der Waals surface area contributed by atoms with Gasteiger partial charge in [-0.25, -0.2) is 4.98 Å². The number of hydrogen-bond acceptors (Lipinski definition) is 5. The second kappa shape index (κ2) is 4.34. The summed E-state index contributed by atoms with van der Waals surface area (Å²) in [6.07, 6.45) is 2.01. The van der Waals surface area contributed by atoms with E-state index in [2.05, 4.69) is 10.1 Å². The summed E-state index contributed by atoms with van der Waals surface area (Å²) in [4.78, 5) is 4.27. The lowest BCUT2D eigenvalue weighted by Crippen LogP contribution is -1.91. The maximum atomic E-state index is 8.92. The standard InChI is InChI=1S/C9H11N3OS2/c1-12-9(14-2)3-6(11-12)7-5-15-8(4-13)10-7/h3,5,13H,4H2,1-2H3. The molecule has 2 heterocycles. The van der Waals surface area contributed by atoms with Gasteiger partial charge in [0.25, 0.3) is 0 Å². The third-order valence-corrected chi connectivity index (χ3v) is 3.63. The SMILES string of the molecule is CSc1cc(-c2csc(CO)n2)nn1C. The first kappa shape index (κ1) is 10.7. The van der Waals surface area contributed by atoms with Gasteiger partial charge in [-0.3, -0.25) is 4.68 Å². The van der Waals surface area contributed by atoms with Crippen LogP contribution in [0, 0.1) is 0 Å². The van der Waals surface area contributed by atoms with E-state index in [1.165, 1.54) is 11.3 Å². The van der Waals surface area contributed by atoms with E-state index in [1.807, 2.05) is 29.4 Å². The van der Waals surface area contributed by atoms with E-state index >= 15 is 0 Å². The monoisotopic (exact) mass is 241 g/mol. The Morgan fingerprint density at radius 1 is 1.53 bits per heavy atom. The molecule has 0 saturated carbocycles. The van der Waals surface area contributed by atoms with Crippen molar-refractivity contribution < 1.29 is 5.11 Å². The minimum absolute atomic E-state index is 0.00706. The molecule has 0 unspecified atom stereocenters. The van der Waals surface area contributed by atoms with E-state index in [1.54, 1.807) is 11.8 Å². The number of hydrogen-bond donors (Lipinski definition) is 1. The third kappa shape index (κ3) is 2.06. The summed E-state index contributed by atoms with van der Waals surface area (Å²) in [5.41, 5.74) is 1.69. The van der Waals surface area contributed by atoms with Crippen molar-refractivity contribution in [3.05, 3.63) is 16.5 Å². The average molecular weight is 241 g/mol. The number of aliphatic hydroxyl groups excluding tert-OH is 1. The fourth-order valence-corrected chi connectivity index (χ4v) is 2.45. The highest BCUT2D eigenvalue weighted by atomic mass is 32.2. The largest absolute Gasteiger partial charge is 0.389 e. The van der Waals surface area contributed by atoms with Crippen molar-refractivity contribution in [2.45, 2.75) is 11.6 Å². The molecule has 2 rings (SSSR count). The zero-order valence-electron chi connectivity index (χ0n) is 8.47. The Kier molecular flexibility index (Phi) is 3.08. The lowest BCUT2D eigenvalue weighted by Gasteiger charge is -1.92. The molecule has 0 fully saturated rings. The molecule has 0 spiro atoms. The second-order valence-corrected chi connectivity index (χ2v) is 4.75. The number of thiazole rings is 1. The Balaban J connectivity index is 2.36. The van der Waals surface area contributed by atoms with Crippen LogP contribution in [0.15, 0.2) is 16.5 Å². The van der Waals surface area contributed by atoms with E-state index in [9.17, 15) is 0 Å². The Bertz CT molecular complexity index is 464. The number of thioether (sulfide) groups is 1. The van der Waals surface area contributed by atoms with Crippen LogP contribution in [0.2, 0.25) is 0 Å². The fraction of sp³-hybridized carbons (Fsp3) is 0.333. The first-order chi connectivity index (χ1) is 7.24. The van der Waals surface area contributed by atoms with Gasteiger partial charge in [-0.15, -0.1) is 23.1 Å². The quantitative estimate of drug-likeness (QED) is 0.832. The molecule has 80 valence electrons. The van der Waals surface area contributed by atoms with Gasteiger partial charge in [0, 0.05) is 12.4 Å². The minimum atomic E-state index is -0.00706. The van der Waals surface area contributed by atoms with Crippen LogP contribution in [0.4, 0.5) is 0 Å². The topological polar surface area (TPSA) is 50.9 Å². The maximum absolute atomic E-state index is 8.92. The number of aromatic nitrogens is 3. The molecule has 0 radical (unpaired) electrons. The van der Waals surface area contributed by atoms with Gasteiger partial charge in [-0.05, 0) is 12.3 Å². The van der Waals surface area contributed by atoms with Crippen molar-refractivity contribution >= 4 is 23.1 Å². The summed E-state index contributed by atoms with van der Waals surface area (Å²) in [7, 11) is 1.91. The minimum Gasteiger partial charge on any atom is -0.389 e. The van der Waals surface area contributed by atoms with Gasteiger partial charge in [-0.1, -0.05) is 0 Å². The number of rotatable bonds is 3. The molecular formula is C9H11N3OS2. The van der Waals surface area contributed by atoms with Crippen LogP contribution < -0.4 is 0 Å². The molecule has 0 aliphatic rings. The van der Waals surface area contributed by atoms with E-state index < -0.39 is 0 Å². The van der Waals surface area contributed by atoms with E-state index in [0.29, 0.717) is 0 Å².